The highest BCUT2D eigenvalue weighted by Crippen LogP contribution is 2.40. The lowest BCUT2D eigenvalue weighted by molar-refractivity contribution is -0.143. The zero-order valence-electron chi connectivity index (χ0n) is 33.9. The summed E-state index contributed by atoms with van der Waals surface area (Å²) in [5.41, 5.74) is 3.97. The van der Waals surface area contributed by atoms with Crippen LogP contribution in [0.1, 0.15) is 47.2 Å². The standard InChI is InChI=1S/C43H46Cl2N8O8/c1-58-36-22-34(30(44)20-31(36)45)49-41-26(23-46)24-48-33-21-38(37(59-2)19-28(33)41)60-17-4-11-51-13-15-52(16-14-51)12-9-40(55)61-18-10-47-32-6-3-5-27-29(32)25-53(43(27)57)35-7-8-39(54)50-42(35)56/h3,5-6,19-22,24,35,47H,4,7-18,25H2,1-2H3,(H,48,49)(H,50,54,56). The van der Waals surface area contributed by atoms with Gasteiger partial charge in [0, 0.05) is 99.3 Å². The van der Waals surface area contributed by atoms with Gasteiger partial charge in [-0.1, -0.05) is 29.3 Å². The fraction of sp³-hybridized carbons (Fsp3) is 0.395. The van der Waals surface area contributed by atoms with Crippen molar-refractivity contribution in [2.75, 3.05) is 83.9 Å². The molecule has 3 aromatic carbocycles. The molecule has 3 aliphatic heterocycles. The monoisotopic (exact) mass is 872 g/mol. The Labute approximate surface area is 362 Å². The van der Waals surface area contributed by atoms with Crippen molar-refractivity contribution >= 4 is 74.9 Å². The van der Waals surface area contributed by atoms with Crippen molar-refractivity contribution < 1.29 is 38.1 Å². The third-order valence-corrected chi connectivity index (χ3v) is 11.6. The Hall–Kier alpha value is -5.86. The largest absolute Gasteiger partial charge is 0.495 e. The fourth-order valence-corrected chi connectivity index (χ4v) is 8.25. The summed E-state index contributed by atoms with van der Waals surface area (Å²) in [5, 5.41) is 20.1. The predicted octanol–water partition coefficient (Wildman–Crippen LogP) is 5.37. The van der Waals surface area contributed by atoms with Crippen molar-refractivity contribution in [1.82, 2.24) is 25.0 Å². The molecule has 4 heterocycles. The lowest BCUT2D eigenvalue weighted by Gasteiger charge is -2.34. The zero-order valence-corrected chi connectivity index (χ0v) is 35.4. The Balaban J connectivity index is 0.815. The second kappa shape index (κ2) is 19.7. The van der Waals surface area contributed by atoms with Gasteiger partial charge in [-0.15, -0.1) is 0 Å². The molecule has 2 saturated heterocycles. The number of piperidine rings is 1. The van der Waals surface area contributed by atoms with Crippen molar-refractivity contribution in [3.05, 3.63) is 75.4 Å². The second-order valence-corrected chi connectivity index (χ2v) is 15.6. The van der Waals surface area contributed by atoms with Crippen LogP contribution in [0, 0.1) is 11.3 Å². The number of nitrogens with one attached hydrogen (secondary N) is 3. The molecule has 0 spiro atoms. The number of piperazine rings is 1. The van der Waals surface area contributed by atoms with E-state index in [2.05, 4.69) is 36.8 Å². The number of imide groups is 1. The van der Waals surface area contributed by atoms with E-state index in [0.29, 0.717) is 86.8 Å². The molecule has 61 heavy (non-hydrogen) atoms. The molecule has 3 aliphatic rings. The van der Waals surface area contributed by atoms with Crippen molar-refractivity contribution in [3.63, 3.8) is 0 Å². The molecule has 18 heteroatoms. The van der Waals surface area contributed by atoms with Crippen molar-refractivity contribution in [1.29, 1.82) is 5.26 Å². The minimum Gasteiger partial charge on any atom is -0.495 e. The molecule has 3 amide bonds. The van der Waals surface area contributed by atoms with Gasteiger partial charge in [-0.25, -0.2) is 0 Å². The highest BCUT2D eigenvalue weighted by Gasteiger charge is 2.40. The summed E-state index contributed by atoms with van der Waals surface area (Å²) >= 11 is 12.7. The van der Waals surface area contributed by atoms with Crippen molar-refractivity contribution in [2.24, 2.45) is 0 Å². The number of anilines is 3. The molecule has 4 aromatic rings. The van der Waals surface area contributed by atoms with Crippen molar-refractivity contribution in [3.8, 4) is 23.3 Å². The first kappa shape index (κ1) is 43.2. The van der Waals surface area contributed by atoms with Gasteiger partial charge >= 0.3 is 5.97 Å². The number of carbonyl (C=O) groups is 4. The van der Waals surface area contributed by atoms with E-state index >= 15 is 0 Å². The first-order chi connectivity index (χ1) is 29.6. The minimum absolute atomic E-state index is 0.167. The van der Waals surface area contributed by atoms with E-state index in [1.165, 1.54) is 18.2 Å². The van der Waals surface area contributed by atoms with Gasteiger partial charge < -0.3 is 44.3 Å². The summed E-state index contributed by atoms with van der Waals surface area (Å²) in [6.45, 7) is 6.10. The third kappa shape index (κ3) is 10.0. The first-order valence-electron chi connectivity index (χ1n) is 20.0. The lowest BCUT2D eigenvalue weighted by Crippen LogP contribution is -2.52. The maximum absolute atomic E-state index is 13.1. The molecule has 320 valence electrons. The number of halogens is 2. The molecule has 3 N–H and O–H groups in total. The molecule has 1 aromatic heterocycles. The highest BCUT2D eigenvalue weighted by atomic mass is 35.5. The van der Waals surface area contributed by atoms with Crippen LogP contribution in [-0.2, 0) is 25.7 Å². The number of nitriles is 1. The number of hydrogen-bond donors (Lipinski definition) is 3. The molecule has 2 fully saturated rings. The number of fused-ring (bicyclic) bond motifs is 2. The summed E-state index contributed by atoms with van der Waals surface area (Å²) in [6.07, 6.45) is 3.05. The SMILES string of the molecule is COc1cc(Nc2c(C#N)cnc3cc(OCCCN4CCN(CCC(=O)OCCNc5cccc6c5CN(C5CCC(=O)NC5=O)C6=O)CC4)c(OC)cc23)c(Cl)cc1Cl. The van der Waals surface area contributed by atoms with E-state index in [4.69, 9.17) is 42.1 Å². The summed E-state index contributed by atoms with van der Waals surface area (Å²) in [6, 6.07) is 13.7. The van der Waals surface area contributed by atoms with Gasteiger partial charge in [0.25, 0.3) is 5.91 Å². The Morgan fingerprint density at radius 1 is 0.951 bits per heavy atom. The normalized spacial score (nSPS) is 16.8. The van der Waals surface area contributed by atoms with E-state index in [1.807, 2.05) is 6.07 Å². The number of aromatic nitrogens is 1. The van der Waals surface area contributed by atoms with Crippen LogP contribution in [0.3, 0.4) is 0 Å². The first-order valence-corrected chi connectivity index (χ1v) is 20.8. The molecular formula is C43H46Cl2N8O8. The van der Waals surface area contributed by atoms with Crippen LogP contribution in [0.4, 0.5) is 17.1 Å². The quantitative estimate of drug-likeness (QED) is 0.0699. The third-order valence-electron chi connectivity index (χ3n) is 11.0. The zero-order chi connectivity index (χ0) is 43.0. The molecular weight excluding hydrogens is 827 g/mol. The Morgan fingerprint density at radius 2 is 1.72 bits per heavy atom. The number of benzene rings is 3. The van der Waals surface area contributed by atoms with Crippen LogP contribution in [-0.4, -0.2) is 123 Å². The average molecular weight is 874 g/mol. The Bertz CT molecular complexity index is 2370. The van der Waals surface area contributed by atoms with Gasteiger partial charge in [-0.2, -0.15) is 5.26 Å². The number of nitrogens with zero attached hydrogens (tertiary/aromatic N) is 5. The molecule has 0 aliphatic carbocycles. The molecule has 0 bridgehead atoms. The fourth-order valence-electron chi connectivity index (χ4n) is 7.74. The smallest absolute Gasteiger partial charge is 0.307 e. The van der Waals surface area contributed by atoms with Gasteiger partial charge in [0.05, 0.1) is 59.7 Å². The van der Waals surface area contributed by atoms with Gasteiger partial charge in [-0.05, 0) is 37.1 Å². The molecule has 0 radical (unpaired) electrons. The van der Waals surface area contributed by atoms with Gasteiger partial charge in [0.15, 0.2) is 11.5 Å². The highest BCUT2D eigenvalue weighted by molar-refractivity contribution is 6.37. The number of methoxy groups -OCH3 is 2. The van der Waals surface area contributed by atoms with E-state index in [-0.39, 0.29) is 43.8 Å². The van der Waals surface area contributed by atoms with Gasteiger partial charge in [-0.3, -0.25) is 29.5 Å². The summed E-state index contributed by atoms with van der Waals surface area (Å²) in [7, 11) is 3.07. The number of rotatable bonds is 17. The summed E-state index contributed by atoms with van der Waals surface area (Å²) in [5.74, 6) is 0.170. The van der Waals surface area contributed by atoms with Crippen molar-refractivity contribution in [2.45, 2.75) is 38.3 Å². The summed E-state index contributed by atoms with van der Waals surface area (Å²) in [4.78, 5) is 60.3. The van der Waals surface area contributed by atoms with E-state index < -0.39 is 11.9 Å². The number of ether oxygens (including phenoxy) is 4. The minimum atomic E-state index is -0.684. The molecule has 1 atom stereocenters. The number of carbonyl (C=O) groups excluding carboxylic acids is 4. The lowest BCUT2D eigenvalue weighted by atomic mass is 10.0. The molecule has 1 unspecified atom stereocenters. The molecule has 7 rings (SSSR count). The van der Waals surface area contributed by atoms with E-state index in [9.17, 15) is 24.4 Å². The van der Waals surface area contributed by atoms with E-state index in [1.54, 1.807) is 43.5 Å². The predicted molar refractivity (Wildman–Crippen MR) is 229 cm³/mol. The van der Waals surface area contributed by atoms with Crippen LogP contribution in [0.15, 0.2) is 48.7 Å². The maximum atomic E-state index is 13.1. The van der Waals surface area contributed by atoms with Crippen LogP contribution in [0.2, 0.25) is 10.0 Å². The molecule has 0 saturated carbocycles. The second-order valence-electron chi connectivity index (χ2n) is 14.8. The Morgan fingerprint density at radius 3 is 2.46 bits per heavy atom. The van der Waals surface area contributed by atoms with Gasteiger partial charge in [0.2, 0.25) is 11.8 Å². The maximum Gasteiger partial charge on any atom is 0.307 e. The van der Waals surface area contributed by atoms with Crippen LogP contribution < -0.4 is 30.2 Å². The van der Waals surface area contributed by atoms with Crippen LogP contribution in [0.5, 0.6) is 17.2 Å². The number of esters is 1. The van der Waals surface area contributed by atoms with Crippen LogP contribution in [0.25, 0.3) is 10.9 Å². The van der Waals surface area contributed by atoms with Gasteiger partial charge in [0.1, 0.15) is 24.5 Å². The molecule has 16 nitrogen and oxygen atoms in total. The number of amides is 3. The van der Waals surface area contributed by atoms with E-state index in [0.717, 1.165) is 50.4 Å². The van der Waals surface area contributed by atoms with Crippen LogP contribution >= 0.6 is 23.2 Å². The Kier molecular flexibility index (Phi) is 13.9. The number of hydrogen-bond acceptors (Lipinski definition) is 14. The number of pyridine rings is 1. The average Bonchev–Trinajstić information content (AvgIpc) is 3.60. The summed E-state index contributed by atoms with van der Waals surface area (Å²) < 4.78 is 22.7. The topological polar surface area (TPSA) is 188 Å².